The van der Waals surface area contributed by atoms with E-state index in [1.807, 2.05) is 97.9 Å². The van der Waals surface area contributed by atoms with Crippen molar-refractivity contribution in [3.63, 3.8) is 0 Å². The normalized spacial score (nSPS) is 10.5. The van der Waals surface area contributed by atoms with Crippen LogP contribution in [0.3, 0.4) is 0 Å². The maximum atomic E-state index is 10.9. The lowest BCUT2D eigenvalue weighted by Crippen LogP contribution is -2.03. The van der Waals surface area contributed by atoms with Crippen LogP contribution in [0.2, 0.25) is 0 Å². The number of anilines is 2. The predicted molar refractivity (Wildman–Crippen MR) is 144 cm³/mol. The van der Waals surface area contributed by atoms with E-state index in [0.717, 1.165) is 40.2 Å². The first-order valence-corrected chi connectivity index (χ1v) is 11.3. The fourth-order valence-electron chi connectivity index (χ4n) is 3.21. The summed E-state index contributed by atoms with van der Waals surface area (Å²) in [5.74, 6) is 2.20. The Morgan fingerprint density at radius 2 is 1.33 bits per heavy atom. The molecule has 0 spiro atoms. The van der Waals surface area contributed by atoms with Crippen LogP contribution in [0, 0.1) is 0 Å². The minimum absolute atomic E-state index is 0.582. The van der Waals surface area contributed by atoms with Gasteiger partial charge in [-0.15, -0.1) is 0 Å². The number of aldehydes is 1. The standard InChI is InChI=1S/C17H15N3O.C12H15NO2/c1-21-16-9-7-13(8-10-16)14-11-18-17(19-12-14)20-15-5-3-2-4-6-15;1-13(2)8-11(9-14)10-4-6-12(15-3)7-5-10/h2-12H,1H3,(H,18,19,20);4-9H,1-3H3. The van der Waals surface area contributed by atoms with E-state index in [1.54, 1.807) is 32.8 Å². The molecule has 0 aliphatic rings. The predicted octanol–water partition coefficient (Wildman–Crippen LogP) is 5.69. The minimum atomic E-state index is 0.582. The fraction of sp³-hybridized carbons (Fsp3) is 0.138. The van der Waals surface area contributed by atoms with Gasteiger partial charge in [0, 0.05) is 49.5 Å². The topological polar surface area (TPSA) is 76.6 Å². The number of nitrogens with one attached hydrogen (secondary N) is 1. The number of carbonyl (C=O) groups is 1. The van der Waals surface area contributed by atoms with Crippen molar-refractivity contribution in [2.24, 2.45) is 0 Å². The molecule has 0 aliphatic heterocycles. The van der Waals surface area contributed by atoms with E-state index < -0.39 is 0 Å². The van der Waals surface area contributed by atoms with E-state index in [4.69, 9.17) is 9.47 Å². The van der Waals surface area contributed by atoms with Crippen molar-refractivity contribution in [2.75, 3.05) is 33.6 Å². The zero-order chi connectivity index (χ0) is 25.8. The van der Waals surface area contributed by atoms with E-state index >= 15 is 0 Å². The van der Waals surface area contributed by atoms with Gasteiger partial charge in [0.25, 0.3) is 0 Å². The van der Waals surface area contributed by atoms with Crippen molar-refractivity contribution >= 4 is 23.5 Å². The molecule has 0 saturated carbocycles. The molecule has 0 unspecified atom stereocenters. The van der Waals surface area contributed by atoms with Crippen LogP contribution in [-0.2, 0) is 4.79 Å². The number of nitrogens with zero attached hydrogens (tertiary/aromatic N) is 3. The Morgan fingerprint density at radius 1 is 0.778 bits per heavy atom. The molecule has 1 heterocycles. The molecule has 4 rings (SSSR count). The van der Waals surface area contributed by atoms with E-state index in [2.05, 4.69) is 15.3 Å². The van der Waals surface area contributed by atoms with Gasteiger partial charge in [-0.1, -0.05) is 42.5 Å². The molecule has 184 valence electrons. The lowest BCUT2D eigenvalue weighted by Gasteiger charge is -2.08. The molecule has 0 fully saturated rings. The Kier molecular flexibility index (Phi) is 9.59. The molecule has 0 radical (unpaired) electrons. The van der Waals surface area contributed by atoms with Crippen LogP contribution < -0.4 is 14.8 Å². The molecule has 7 nitrogen and oxygen atoms in total. The maximum absolute atomic E-state index is 10.9. The third-order valence-corrected chi connectivity index (χ3v) is 5.05. The quantitative estimate of drug-likeness (QED) is 0.255. The second kappa shape index (κ2) is 13.3. The van der Waals surface area contributed by atoms with E-state index in [0.29, 0.717) is 11.5 Å². The smallest absolute Gasteiger partial charge is 0.227 e. The first kappa shape index (κ1) is 26.0. The van der Waals surface area contributed by atoms with Crippen LogP contribution >= 0.6 is 0 Å². The molecular formula is C29H30N4O3. The lowest BCUT2D eigenvalue weighted by atomic mass is 10.1. The minimum Gasteiger partial charge on any atom is -0.497 e. The Hall–Kier alpha value is -4.65. The van der Waals surface area contributed by atoms with Crippen molar-refractivity contribution in [3.8, 4) is 22.6 Å². The highest BCUT2D eigenvalue weighted by atomic mass is 16.5. The lowest BCUT2D eigenvalue weighted by molar-refractivity contribution is -0.103. The van der Waals surface area contributed by atoms with E-state index in [1.165, 1.54) is 0 Å². The summed E-state index contributed by atoms with van der Waals surface area (Å²) in [6.45, 7) is 0. The van der Waals surface area contributed by atoms with Crippen molar-refractivity contribution in [2.45, 2.75) is 0 Å². The molecule has 1 aromatic heterocycles. The Balaban J connectivity index is 0.000000214. The second-order valence-electron chi connectivity index (χ2n) is 7.91. The number of allylic oxidation sites excluding steroid dienone is 1. The third kappa shape index (κ3) is 7.70. The van der Waals surface area contributed by atoms with Gasteiger partial charge in [-0.3, -0.25) is 4.79 Å². The van der Waals surface area contributed by atoms with Crippen LogP contribution in [0.5, 0.6) is 11.5 Å². The molecule has 0 amide bonds. The molecule has 0 aliphatic carbocycles. The van der Waals surface area contributed by atoms with Gasteiger partial charge in [0.05, 0.1) is 14.2 Å². The number of ether oxygens (including phenoxy) is 2. The molecule has 0 atom stereocenters. The van der Waals surface area contributed by atoms with Gasteiger partial charge in [0.15, 0.2) is 6.29 Å². The van der Waals surface area contributed by atoms with Gasteiger partial charge in [0.1, 0.15) is 11.5 Å². The van der Waals surface area contributed by atoms with Crippen molar-refractivity contribution in [1.82, 2.24) is 14.9 Å². The Labute approximate surface area is 212 Å². The van der Waals surface area contributed by atoms with Crippen LogP contribution in [0.25, 0.3) is 16.7 Å². The van der Waals surface area contributed by atoms with Gasteiger partial charge in [0.2, 0.25) is 5.95 Å². The summed E-state index contributed by atoms with van der Waals surface area (Å²) >= 11 is 0. The molecule has 1 N–H and O–H groups in total. The largest absolute Gasteiger partial charge is 0.497 e. The van der Waals surface area contributed by atoms with Crippen LogP contribution in [0.4, 0.5) is 11.6 Å². The summed E-state index contributed by atoms with van der Waals surface area (Å²) in [6, 6.07) is 25.1. The van der Waals surface area contributed by atoms with Crippen molar-refractivity contribution in [1.29, 1.82) is 0 Å². The number of carbonyl (C=O) groups excluding carboxylic acids is 1. The fourth-order valence-corrected chi connectivity index (χ4v) is 3.21. The summed E-state index contributed by atoms with van der Waals surface area (Å²) in [4.78, 5) is 21.4. The van der Waals surface area contributed by atoms with Crippen LogP contribution in [0.1, 0.15) is 5.56 Å². The summed E-state index contributed by atoms with van der Waals surface area (Å²) < 4.78 is 10.2. The summed E-state index contributed by atoms with van der Waals surface area (Å²) in [5.41, 5.74) is 4.54. The Morgan fingerprint density at radius 3 is 1.83 bits per heavy atom. The molecular weight excluding hydrogens is 452 g/mol. The van der Waals surface area contributed by atoms with Gasteiger partial charge in [-0.25, -0.2) is 9.97 Å². The molecule has 0 saturated heterocycles. The van der Waals surface area contributed by atoms with Crippen molar-refractivity contribution < 1.29 is 14.3 Å². The van der Waals surface area contributed by atoms with Gasteiger partial charge in [-0.05, 0) is 47.5 Å². The van der Waals surface area contributed by atoms with Crippen LogP contribution in [0.15, 0.2) is 97.5 Å². The highest BCUT2D eigenvalue weighted by Crippen LogP contribution is 2.22. The number of rotatable bonds is 8. The van der Waals surface area contributed by atoms with Gasteiger partial charge in [-0.2, -0.15) is 0 Å². The van der Waals surface area contributed by atoms with Crippen molar-refractivity contribution in [3.05, 3.63) is 103 Å². The molecule has 0 bridgehead atoms. The zero-order valence-corrected chi connectivity index (χ0v) is 20.9. The first-order valence-electron chi connectivity index (χ1n) is 11.3. The summed E-state index contributed by atoms with van der Waals surface area (Å²) in [5, 5.41) is 3.16. The monoisotopic (exact) mass is 482 g/mol. The maximum Gasteiger partial charge on any atom is 0.227 e. The average Bonchev–Trinajstić information content (AvgIpc) is 2.93. The molecule has 3 aromatic carbocycles. The summed E-state index contributed by atoms with van der Waals surface area (Å²) in [6.07, 6.45) is 6.25. The van der Waals surface area contributed by atoms with Gasteiger partial charge >= 0.3 is 0 Å². The Bertz CT molecular complexity index is 1240. The van der Waals surface area contributed by atoms with Crippen LogP contribution in [-0.4, -0.2) is 49.5 Å². The zero-order valence-electron chi connectivity index (χ0n) is 20.9. The number of benzene rings is 3. The summed E-state index contributed by atoms with van der Waals surface area (Å²) in [7, 11) is 7.04. The number of para-hydroxylation sites is 1. The third-order valence-electron chi connectivity index (χ3n) is 5.05. The van der Waals surface area contributed by atoms with Gasteiger partial charge < -0.3 is 19.7 Å². The number of aromatic nitrogens is 2. The average molecular weight is 483 g/mol. The molecule has 4 aromatic rings. The first-order chi connectivity index (χ1) is 17.5. The molecule has 7 heteroatoms. The number of hydrogen-bond donors (Lipinski definition) is 1. The highest BCUT2D eigenvalue weighted by Gasteiger charge is 2.02. The van der Waals surface area contributed by atoms with E-state index in [9.17, 15) is 4.79 Å². The number of methoxy groups -OCH3 is 2. The number of hydrogen-bond acceptors (Lipinski definition) is 7. The SMILES string of the molecule is COc1ccc(-c2cnc(Nc3ccccc3)nc2)cc1.COc1ccc(C(C=O)=CN(C)C)cc1. The second-order valence-corrected chi connectivity index (χ2v) is 7.91. The van der Waals surface area contributed by atoms with E-state index in [-0.39, 0.29) is 0 Å². The highest BCUT2D eigenvalue weighted by molar-refractivity contribution is 6.06. The molecule has 36 heavy (non-hydrogen) atoms.